The fraction of sp³-hybridized carbons (Fsp3) is 0.433. The topological polar surface area (TPSA) is 87.7 Å². The van der Waals surface area contributed by atoms with Gasteiger partial charge in [0.25, 0.3) is 0 Å². The number of anilines is 1. The van der Waals surface area contributed by atoms with Gasteiger partial charge in [-0.1, -0.05) is 77.7 Å². The van der Waals surface area contributed by atoms with Gasteiger partial charge in [0.15, 0.2) is 0 Å². The molecule has 38 heavy (non-hydrogen) atoms. The summed E-state index contributed by atoms with van der Waals surface area (Å²) in [6, 6.07) is 16.6. The largest absolute Gasteiger partial charge is 0.359 e. The number of carbonyl (C=O) groups excluding carboxylic acids is 3. The van der Waals surface area contributed by atoms with Crippen molar-refractivity contribution < 1.29 is 19.1 Å². The molecule has 7 nitrogen and oxygen atoms in total. The molecule has 198 valence electrons. The summed E-state index contributed by atoms with van der Waals surface area (Å²) in [6.45, 7) is 0.382. The Morgan fingerprint density at radius 1 is 1.00 bits per heavy atom. The first-order valence-electron chi connectivity index (χ1n) is 13.5. The van der Waals surface area contributed by atoms with Gasteiger partial charge in [0.1, 0.15) is 11.6 Å². The summed E-state index contributed by atoms with van der Waals surface area (Å²) in [4.78, 5) is 43.2. The van der Waals surface area contributed by atoms with E-state index in [1.165, 1.54) is 6.42 Å². The Kier molecular flexibility index (Phi) is 6.86. The van der Waals surface area contributed by atoms with Crippen LogP contribution in [0.1, 0.15) is 37.7 Å². The summed E-state index contributed by atoms with van der Waals surface area (Å²) in [5, 5.41) is 6.20. The maximum Gasteiger partial charge on any atom is 0.246 e. The number of nitrogens with one attached hydrogen (secondary N) is 2. The Labute approximate surface area is 231 Å². The second-order valence-electron chi connectivity index (χ2n) is 10.8. The number of hydrogen-bond acceptors (Lipinski definition) is 4. The van der Waals surface area contributed by atoms with Gasteiger partial charge in [0.05, 0.1) is 17.9 Å². The highest BCUT2D eigenvalue weighted by atomic mass is 79.9. The van der Waals surface area contributed by atoms with Gasteiger partial charge >= 0.3 is 0 Å². The highest BCUT2D eigenvalue weighted by Crippen LogP contribution is 2.55. The van der Waals surface area contributed by atoms with Crippen LogP contribution in [0.4, 0.5) is 5.69 Å². The molecule has 3 amide bonds. The maximum atomic E-state index is 14.1. The van der Waals surface area contributed by atoms with Crippen LogP contribution in [0, 0.1) is 11.8 Å². The first-order valence-corrected chi connectivity index (χ1v) is 14.3. The van der Waals surface area contributed by atoms with Crippen LogP contribution in [0.3, 0.4) is 0 Å². The molecule has 2 N–H and O–H groups in total. The van der Waals surface area contributed by atoms with Crippen LogP contribution in [0.5, 0.6) is 0 Å². The predicted octanol–water partition coefficient (Wildman–Crippen LogP) is 4.23. The summed E-state index contributed by atoms with van der Waals surface area (Å²) < 4.78 is 7.36. The number of carbonyl (C=O) groups is 3. The number of hydrogen-bond donors (Lipinski definition) is 2. The van der Waals surface area contributed by atoms with E-state index in [2.05, 4.69) is 26.6 Å². The van der Waals surface area contributed by atoms with E-state index in [9.17, 15) is 14.4 Å². The summed E-state index contributed by atoms with van der Waals surface area (Å²) >= 11 is 3.41. The lowest BCUT2D eigenvalue weighted by Crippen LogP contribution is -2.56. The van der Waals surface area contributed by atoms with Crippen molar-refractivity contribution >= 4 is 39.3 Å². The van der Waals surface area contributed by atoms with Crippen molar-refractivity contribution in [1.29, 1.82) is 0 Å². The van der Waals surface area contributed by atoms with Crippen molar-refractivity contribution in [3.8, 4) is 0 Å². The monoisotopic (exact) mass is 577 g/mol. The minimum atomic E-state index is -1.14. The number of benzene rings is 2. The lowest BCUT2D eigenvalue weighted by Gasteiger charge is -2.34. The first kappa shape index (κ1) is 25.3. The Morgan fingerprint density at radius 3 is 2.47 bits per heavy atom. The van der Waals surface area contributed by atoms with Crippen molar-refractivity contribution in [3.63, 3.8) is 0 Å². The number of amides is 3. The Morgan fingerprint density at radius 2 is 1.74 bits per heavy atom. The molecule has 3 aliphatic heterocycles. The Bertz CT molecular complexity index is 1240. The molecule has 3 heterocycles. The fourth-order valence-electron chi connectivity index (χ4n) is 6.69. The number of nitrogens with zero attached hydrogens (tertiary/aromatic N) is 1. The lowest BCUT2D eigenvalue weighted by molar-refractivity contribution is -0.141. The molecule has 4 aliphatic rings. The molecule has 1 spiro atoms. The summed E-state index contributed by atoms with van der Waals surface area (Å²) in [5.74, 6) is -2.08. The molecular formula is C30H32BrN3O4. The van der Waals surface area contributed by atoms with E-state index < -0.39 is 29.6 Å². The molecule has 6 rings (SSSR count). The van der Waals surface area contributed by atoms with Gasteiger partial charge < -0.3 is 20.3 Å². The zero-order valence-electron chi connectivity index (χ0n) is 21.1. The molecule has 0 radical (unpaired) electrons. The van der Waals surface area contributed by atoms with Gasteiger partial charge in [0.2, 0.25) is 17.7 Å². The zero-order valence-corrected chi connectivity index (χ0v) is 22.7. The minimum Gasteiger partial charge on any atom is -0.359 e. The van der Waals surface area contributed by atoms with Crippen LogP contribution in [0.25, 0.3) is 0 Å². The molecule has 8 heteroatoms. The number of halogens is 1. The van der Waals surface area contributed by atoms with Crippen LogP contribution < -0.4 is 10.6 Å². The number of likely N-dealkylation sites (tertiary alicyclic amines) is 1. The van der Waals surface area contributed by atoms with Crippen LogP contribution in [0.15, 0.2) is 71.2 Å². The Balaban J connectivity index is 1.29. The molecule has 1 saturated carbocycles. The SMILES string of the molecule is O=C(Nc1ccc(Br)cc1)C1[C@@H]2C=CC3(O2)C(C(=O)NC2CCCCC2)N(CCc2ccccc2)C(=O)[C@H]13. The smallest absolute Gasteiger partial charge is 0.246 e. The molecule has 5 atom stereocenters. The van der Waals surface area contributed by atoms with E-state index in [-0.39, 0.29) is 23.8 Å². The van der Waals surface area contributed by atoms with Crippen LogP contribution in [-0.2, 0) is 25.5 Å². The van der Waals surface area contributed by atoms with E-state index >= 15 is 0 Å². The fourth-order valence-corrected chi connectivity index (χ4v) is 6.95. The van der Waals surface area contributed by atoms with Crippen molar-refractivity contribution in [2.24, 2.45) is 11.8 Å². The third kappa shape index (κ3) is 4.47. The molecule has 1 aliphatic carbocycles. The minimum absolute atomic E-state index is 0.108. The lowest BCUT2D eigenvalue weighted by atomic mass is 9.74. The van der Waals surface area contributed by atoms with Crippen LogP contribution in [0.2, 0.25) is 0 Å². The molecule has 2 aromatic carbocycles. The normalized spacial score (nSPS) is 29.9. The van der Waals surface area contributed by atoms with Gasteiger partial charge in [-0.3, -0.25) is 14.4 Å². The summed E-state index contributed by atoms with van der Waals surface area (Å²) in [6.07, 6.45) is 9.08. The molecule has 2 saturated heterocycles. The highest BCUT2D eigenvalue weighted by Gasteiger charge is 2.72. The van der Waals surface area contributed by atoms with Crippen LogP contribution >= 0.6 is 15.9 Å². The third-order valence-electron chi connectivity index (χ3n) is 8.47. The van der Waals surface area contributed by atoms with E-state index in [0.29, 0.717) is 18.7 Å². The zero-order chi connectivity index (χ0) is 26.3. The third-order valence-corrected chi connectivity index (χ3v) is 9.00. The number of rotatable bonds is 7. The number of fused-ring (bicyclic) bond motifs is 1. The second-order valence-corrected chi connectivity index (χ2v) is 11.7. The Hall–Kier alpha value is -2.97. The molecule has 3 unspecified atom stereocenters. The second kappa shape index (κ2) is 10.3. The highest BCUT2D eigenvalue weighted by molar-refractivity contribution is 9.10. The summed E-state index contributed by atoms with van der Waals surface area (Å²) in [5.41, 5.74) is 0.599. The molecule has 3 fully saturated rings. The van der Waals surface area contributed by atoms with E-state index in [0.717, 1.165) is 35.7 Å². The van der Waals surface area contributed by atoms with Crippen molar-refractivity contribution in [2.45, 2.75) is 62.3 Å². The van der Waals surface area contributed by atoms with E-state index in [1.54, 1.807) is 4.90 Å². The summed E-state index contributed by atoms with van der Waals surface area (Å²) in [7, 11) is 0. The number of ether oxygens (including phenoxy) is 1. The van der Waals surface area contributed by atoms with Crippen molar-refractivity contribution in [2.75, 3.05) is 11.9 Å². The maximum absolute atomic E-state index is 14.1. The van der Waals surface area contributed by atoms with E-state index in [4.69, 9.17) is 4.74 Å². The average molecular weight is 579 g/mol. The van der Waals surface area contributed by atoms with Crippen molar-refractivity contribution in [3.05, 3.63) is 76.8 Å². The molecule has 0 aromatic heterocycles. The van der Waals surface area contributed by atoms with Gasteiger partial charge in [-0.25, -0.2) is 0 Å². The first-order chi connectivity index (χ1) is 18.5. The average Bonchev–Trinajstić information content (AvgIpc) is 3.57. The quantitative estimate of drug-likeness (QED) is 0.482. The predicted molar refractivity (Wildman–Crippen MR) is 147 cm³/mol. The van der Waals surface area contributed by atoms with Crippen LogP contribution in [-0.4, -0.2) is 53.0 Å². The standard InChI is InChI=1S/C30H32BrN3O4/c31-20-11-13-22(14-12-20)32-27(35)24-23-15-17-30(38-23)25(24)29(37)34(18-16-19-7-3-1-4-8-19)26(30)28(36)33-21-9-5-2-6-10-21/h1,3-4,7-8,11-15,17,21,23-26H,2,5-6,9-10,16,18H2,(H,32,35)(H,33,36)/t23-,24?,25-,26?,30?/m0/s1. The van der Waals surface area contributed by atoms with E-state index in [1.807, 2.05) is 66.7 Å². The molecular weight excluding hydrogens is 546 g/mol. The van der Waals surface area contributed by atoms with Crippen molar-refractivity contribution in [1.82, 2.24) is 10.2 Å². The van der Waals surface area contributed by atoms with Gasteiger partial charge in [-0.15, -0.1) is 0 Å². The van der Waals surface area contributed by atoms with Gasteiger partial charge in [0, 0.05) is 22.7 Å². The molecule has 2 bridgehead atoms. The molecule has 2 aromatic rings. The van der Waals surface area contributed by atoms with Gasteiger partial charge in [-0.2, -0.15) is 0 Å². The van der Waals surface area contributed by atoms with Gasteiger partial charge in [-0.05, 0) is 49.1 Å².